The number of Topliss-reactive ketones (excluding diaryl/α,β-unsaturated/α-hetero) is 2. The third kappa shape index (κ3) is 5.85. The number of halogens is 5. The maximum absolute atomic E-state index is 13.4. The van der Waals surface area contributed by atoms with Gasteiger partial charge in [-0.3, -0.25) is 24.5 Å². The van der Waals surface area contributed by atoms with Crippen molar-refractivity contribution in [3.05, 3.63) is 84.2 Å². The van der Waals surface area contributed by atoms with Gasteiger partial charge in [-0.2, -0.15) is 13.2 Å². The van der Waals surface area contributed by atoms with Crippen molar-refractivity contribution in [2.45, 2.75) is 57.0 Å². The molecule has 0 amide bonds. The van der Waals surface area contributed by atoms with Crippen molar-refractivity contribution in [1.29, 1.82) is 0 Å². The maximum Gasteiger partial charge on any atom is 0.416 e. The van der Waals surface area contributed by atoms with Gasteiger partial charge in [-0.05, 0) is 55.5 Å². The molecular formula is C29H23Cl2F3N2O7. The predicted molar refractivity (Wildman–Crippen MR) is 148 cm³/mol. The highest BCUT2D eigenvalue weighted by Crippen LogP contribution is 2.51. The van der Waals surface area contributed by atoms with Crippen LogP contribution in [0.25, 0.3) is 0 Å². The first-order chi connectivity index (χ1) is 20.3. The Hall–Kier alpha value is -3.90. The van der Waals surface area contributed by atoms with Crippen LogP contribution < -0.4 is 4.74 Å². The number of hydrogen-bond donors (Lipinski definition) is 1. The number of benzene rings is 2. The van der Waals surface area contributed by atoms with Crippen molar-refractivity contribution in [2.24, 2.45) is 0 Å². The zero-order chi connectivity index (χ0) is 31.2. The van der Waals surface area contributed by atoms with Gasteiger partial charge in [0, 0.05) is 53.9 Å². The van der Waals surface area contributed by atoms with Crippen LogP contribution in [-0.2, 0) is 20.6 Å². The van der Waals surface area contributed by atoms with Crippen LogP contribution >= 0.6 is 23.2 Å². The van der Waals surface area contributed by atoms with Gasteiger partial charge in [-0.25, -0.2) is 0 Å². The fourth-order valence-corrected chi connectivity index (χ4v) is 6.48. The average Bonchev–Trinajstić information content (AvgIpc) is 2.92. The third-order valence-corrected chi connectivity index (χ3v) is 8.25. The van der Waals surface area contributed by atoms with E-state index < -0.39 is 40.0 Å². The molecule has 226 valence electrons. The van der Waals surface area contributed by atoms with Gasteiger partial charge in [0.25, 0.3) is 0 Å². The van der Waals surface area contributed by atoms with Crippen LogP contribution in [0.2, 0.25) is 10.0 Å². The van der Waals surface area contributed by atoms with Crippen molar-refractivity contribution in [1.82, 2.24) is 4.90 Å². The second-order valence-electron chi connectivity index (χ2n) is 10.4. The van der Waals surface area contributed by atoms with E-state index in [1.54, 1.807) is 4.90 Å². The molecule has 0 radical (unpaired) electrons. The number of carboxylic acid groups (broad SMARTS) is 1. The summed E-state index contributed by atoms with van der Waals surface area (Å²) in [5, 5.41) is 20.6. The number of nitrogens with zero attached hydrogens (tertiary/aromatic N) is 2. The molecule has 0 fully saturated rings. The number of ether oxygens (including phenoxy) is 1. The van der Waals surface area contributed by atoms with Crippen molar-refractivity contribution < 1.29 is 42.3 Å². The molecule has 0 unspecified atom stereocenters. The molecule has 2 aliphatic carbocycles. The molecule has 9 nitrogen and oxygen atoms in total. The number of nitro groups is 1. The molecule has 1 heterocycles. The molecule has 0 atom stereocenters. The average molecular weight is 639 g/mol. The number of hydrogen-bond acceptors (Lipinski definition) is 7. The number of alkyl halides is 3. The predicted octanol–water partition coefficient (Wildman–Crippen LogP) is 7.60. The van der Waals surface area contributed by atoms with Crippen LogP contribution in [0.3, 0.4) is 0 Å². The van der Waals surface area contributed by atoms with E-state index in [0.29, 0.717) is 65.9 Å². The number of carbonyl (C=O) groups excluding carboxylic acids is 2. The fourth-order valence-electron chi connectivity index (χ4n) is 5.90. The number of rotatable bonds is 7. The van der Waals surface area contributed by atoms with Crippen LogP contribution in [0.15, 0.2) is 52.9 Å². The van der Waals surface area contributed by atoms with Gasteiger partial charge in [0.1, 0.15) is 0 Å². The highest BCUT2D eigenvalue weighted by Gasteiger charge is 2.43. The topological polar surface area (TPSA) is 127 Å². The molecule has 5 rings (SSSR count). The second-order valence-corrected chi connectivity index (χ2v) is 11.2. The summed E-state index contributed by atoms with van der Waals surface area (Å²) in [4.78, 5) is 50.5. The Labute approximate surface area is 252 Å². The van der Waals surface area contributed by atoms with Gasteiger partial charge in [0.2, 0.25) is 5.75 Å². The molecule has 1 aliphatic heterocycles. The van der Waals surface area contributed by atoms with Crippen molar-refractivity contribution >= 4 is 46.4 Å². The number of carboxylic acids is 1. The molecule has 0 aromatic heterocycles. The lowest BCUT2D eigenvalue weighted by atomic mass is 9.71. The molecule has 0 saturated carbocycles. The molecule has 2 aromatic carbocycles. The minimum absolute atomic E-state index is 0.0977. The Morgan fingerprint density at radius 3 is 2.05 bits per heavy atom. The first kappa shape index (κ1) is 30.6. The van der Waals surface area contributed by atoms with E-state index in [0.717, 1.165) is 6.07 Å². The molecule has 2 aromatic rings. The molecule has 0 spiro atoms. The number of aliphatic carboxylic acids is 1. The monoisotopic (exact) mass is 638 g/mol. The Kier molecular flexibility index (Phi) is 8.28. The number of allylic oxidation sites excluding steroid dienone is 4. The van der Waals surface area contributed by atoms with E-state index in [-0.39, 0.29) is 53.2 Å². The van der Waals surface area contributed by atoms with Gasteiger partial charge in [-0.1, -0.05) is 23.2 Å². The van der Waals surface area contributed by atoms with E-state index in [1.165, 1.54) is 12.1 Å². The fraction of sp³-hybridized carbons (Fsp3) is 0.345. The third-order valence-electron chi connectivity index (χ3n) is 7.68. The molecule has 43 heavy (non-hydrogen) atoms. The largest absolute Gasteiger partial charge is 0.481 e. The summed E-state index contributed by atoms with van der Waals surface area (Å²) < 4.78 is 45.0. The normalized spacial score (nSPS) is 17.7. The number of ketones is 2. The van der Waals surface area contributed by atoms with Crippen LogP contribution in [-0.4, -0.2) is 39.0 Å². The molecule has 0 bridgehead atoms. The first-order valence-corrected chi connectivity index (χ1v) is 14.1. The summed E-state index contributed by atoms with van der Waals surface area (Å²) in [7, 11) is 0. The minimum atomic E-state index is -4.82. The van der Waals surface area contributed by atoms with Crippen molar-refractivity contribution in [2.75, 3.05) is 6.54 Å². The smallest absolute Gasteiger partial charge is 0.416 e. The Morgan fingerprint density at radius 2 is 1.56 bits per heavy atom. The highest BCUT2D eigenvalue weighted by atomic mass is 35.5. The summed E-state index contributed by atoms with van der Waals surface area (Å²) in [5.41, 5.74) is 0.233. The Morgan fingerprint density at radius 1 is 1.00 bits per heavy atom. The van der Waals surface area contributed by atoms with Gasteiger partial charge in [0.05, 0.1) is 27.0 Å². The summed E-state index contributed by atoms with van der Waals surface area (Å²) >= 11 is 13.1. The summed E-state index contributed by atoms with van der Waals surface area (Å²) in [6, 6.07) is 4.59. The van der Waals surface area contributed by atoms with E-state index >= 15 is 0 Å². The van der Waals surface area contributed by atoms with Gasteiger partial charge >= 0.3 is 17.8 Å². The quantitative estimate of drug-likeness (QED) is 0.242. The lowest BCUT2D eigenvalue weighted by Gasteiger charge is -2.44. The molecule has 3 aliphatic rings. The summed E-state index contributed by atoms with van der Waals surface area (Å²) in [6.07, 6.45) is -2.42. The number of nitro benzene ring substituents is 1. The van der Waals surface area contributed by atoms with Crippen LogP contribution in [0.1, 0.15) is 62.0 Å². The lowest BCUT2D eigenvalue weighted by molar-refractivity contribution is -0.385. The first-order valence-electron chi connectivity index (χ1n) is 13.3. The van der Waals surface area contributed by atoms with E-state index in [4.69, 9.17) is 27.9 Å². The van der Waals surface area contributed by atoms with Crippen LogP contribution in [0.4, 0.5) is 18.9 Å². The highest BCUT2D eigenvalue weighted by molar-refractivity contribution is 6.37. The SMILES string of the molecule is O=C(O)CCN1C2=C(C(=O)CCC2)C(c2cc(Cl)c(Oc3ccc(C(F)(F)F)cc3[N+](=O)[O-])c(Cl)c2)C2=C1CCCC2=O. The van der Waals surface area contributed by atoms with Gasteiger partial charge < -0.3 is 14.7 Å². The minimum Gasteiger partial charge on any atom is -0.481 e. The van der Waals surface area contributed by atoms with Gasteiger partial charge in [0.15, 0.2) is 17.3 Å². The number of carbonyl (C=O) groups is 3. The maximum atomic E-state index is 13.4. The molecule has 0 saturated heterocycles. The van der Waals surface area contributed by atoms with Crippen LogP contribution in [0, 0.1) is 10.1 Å². The molecule has 14 heteroatoms. The second kappa shape index (κ2) is 11.6. The van der Waals surface area contributed by atoms with Crippen molar-refractivity contribution in [3.8, 4) is 11.5 Å². The Bertz CT molecular complexity index is 1570. The van der Waals surface area contributed by atoms with Gasteiger partial charge in [-0.15, -0.1) is 0 Å². The lowest BCUT2D eigenvalue weighted by Crippen LogP contribution is -2.39. The summed E-state index contributed by atoms with van der Waals surface area (Å²) in [5.74, 6) is -3.02. The molecule has 1 N–H and O–H groups in total. The standard InChI is InChI=1S/C29H23Cl2F3N2O7/c30-16-11-14(12-17(31)28(16)43-23-8-7-15(29(32,33)34)13-20(23)36(41)42)25-26-18(3-1-5-21(26)37)35(10-9-24(39)40)19-4-2-6-22(38)27(19)25/h7-8,11-13,25H,1-6,9-10H2,(H,39,40). The zero-order valence-electron chi connectivity index (χ0n) is 22.3. The summed E-state index contributed by atoms with van der Waals surface area (Å²) in [6.45, 7) is 0.0977. The Balaban J connectivity index is 1.60. The van der Waals surface area contributed by atoms with Crippen molar-refractivity contribution in [3.63, 3.8) is 0 Å². The van der Waals surface area contributed by atoms with Crippen LogP contribution in [0.5, 0.6) is 11.5 Å². The zero-order valence-corrected chi connectivity index (χ0v) is 23.8. The van der Waals surface area contributed by atoms with E-state index in [9.17, 15) is 42.8 Å². The van der Waals surface area contributed by atoms with E-state index in [2.05, 4.69) is 0 Å². The molecular weight excluding hydrogens is 616 g/mol. The van der Waals surface area contributed by atoms with E-state index in [1.807, 2.05) is 0 Å².